The van der Waals surface area contributed by atoms with Crippen molar-refractivity contribution in [2.24, 2.45) is 0 Å². The van der Waals surface area contributed by atoms with Crippen molar-refractivity contribution in [3.05, 3.63) is 46.7 Å². The van der Waals surface area contributed by atoms with Gasteiger partial charge in [0.25, 0.3) is 5.72 Å². The van der Waals surface area contributed by atoms with Gasteiger partial charge in [-0.05, 0) is 48.7 Å². The number of hydrogen-bond acceptors (Lipinski definition) is 5. The number of aliphatic hydroxyl groups is 1. The van der Waals surface area contributed by atoms with Gasteiger partial charge in [0.2, 0.25) is 0 Å². The molecular weight excluding hydrogens is 340 g/mol. The number of hydrogen-bond donors (Lipinski definition) is 1. The monoisotopic (exact) mass is 361 g/mol. The Morgan fingerprint density at radius 2 is 2.17 bits per heavy atom. The summed E-state index contributed by atoms with van der Waals surface area (Å²) in [7, 11) is 0. The van der Waals surface area contributed by atoms with E-state index in [-0.39, 0.29) is 0 Å². The van der Waals surface area contributed by atoms with Gasteiger partial charge >= 0.3 is 5.17 Å². The van der Waals surface area contributed by atoms with Crippen molar-refractivity contribution < 1.29 is 14.4 Å². The minimum atomic E-state index is -0.962. The highest BCUT2D eigenvalue weighted by molar-refractivity contribution is 8.13. The molecule has 1 atom stereocenters. The zero-order valence-electron chi connectivity index (χ0n) is 13.6. The van der Waals surface area contributed by atoms with Crippen LogP contribution >= 0.6 is 23.1 Å². The number of anilines is 1. The SMILES string of the molecule is CCOc1ccccc1N1C[C@@](O)(c2cccs2)[N+]2=C1SCCC2. The van der Waals surface area contributed by atoms with Crippen molar-refractivity contribution in [2.75, 3.05) is 30.3 Å². The summed E-state index contributed by atoms with van der Waals surface area (Å²) in [6, 6.07) is 12.1. The first-order chi connectivity index (χ1) is 11.7. The lowest BCUT2D eigenvalue weighted by molar-refractivity contribution is -0.655. The summed E-state index contributed by atoms with van der Waals surface area (Å²) < 4.78 is 7.99. The molecule has 2 aromatic rings. The average molecular weight is 362 g/mol. The molecule has 0 saturated carbocycles. The molecule has 1 N–H and O–H groups in total. The average Bonchev–Trinajstić information content (AvgIpc) is 3.24. The molecule has 3 heterocycles. The highest BCUT2D eigenvalue weighted by atomic mass is 32.2. The van der Waals surface area contributed by atoms with Crippen LogP contribution in [-0.4, -0.2) is 40.3 Å². The van der Waals surface area contributed by atoms with E-state index in [0.717, 1.165) is 40.2 Å². The number of benzene rings is 1. The molecule has 1 aromatic carbocycles. The lowest BCUT2D eigenvalue weighted by atomic mass is 10.1. The normalized spacial score (nSPS) is 23.5. The molecule has 0 fully saturated rings. The van der Waals surface area contributed by atoms with Gasteiger partial charge in [-0.2, -0.15) is 0 Å². The van der Waals surface area contributed by atoms with Gasteiger partial charge in [-0.15, -0.1) is 11.3 Å². The summed E-state index contributed by atoms with van der Waals surface area (Å²) in [4.78, 5) is 3.22. The van der Waals surface area contributed by atoms with Crippen LogP contribution in [0.15, 0.2) is 41.8 Å². The Bertz CT molecular complexity index is 760. The summed E-state index contributed by atoms with van der Waals surface area (Å²) in [5, 5.41) is 14.7. The summed E-state index contributed by atoms with van der Waals surface area (Å²) >= 11 is 3.43. The molecule has 1 aromatic heterocycles. The van der Waals surface area contributed by atoms with Gasteiger partial charge in [0.1, 0.15) is 0 Å². The number of ether oxygens (including phenoxy) is 1. The lowest BCUT2D eigenvalue weighted by Crippen LogP contribution is -2.40. The molecule has 0 radical (unpaired) electrons. The molecule has 4 nitrogen and oxygen atoms in total. The molecule has 0 bridgehead atoms. The van der Waals surface area contributed by atoms with E-state index in [1.165, 1.54) is 0 Å². The molecule has 0 saturated heterocycles. The Kier molecular flexibility index (Phi) is 4.28. The summed E-state index contributed by atoms with van der Waals surface area (Å²) in [5.74, 6) is 1.95. The Morgan fingerprint density at radius 1 is 1.29 bits per heavy atom. The van der Waals surface area contributed by atoms with E-state index >= 15 is 0 Å². The molecule has 0 aliphatic carbocycles. The number of amidine groups is 1. The van der Waals surface area contributed by atoms with Crippen molar-refractivity contribution >= 4 is 34.0 Å². The first kappa shape index (κ1) is 16.0. The molecule has 0 unspecified atom stereocenters. The fourth-order valence-corrected chi connectivity index (χ4v) is 5.36. The van der Waals surface area contributed by atoms with Gasteiger partial charge in [0, 0.05) is 5.75 Å². The molecule has 6 heteroatoms. The summed E-state index contributed by atoms with van der Waals surface area (Å²) in [6.45, 7) is 4.04. The number of β-amino-alcohol motifs (C(OH)–C–C–N with tert-alkyl or cyclic N) is 1. The second-order valence-corrected chi connectivity index (χ2v) is 7.93. The van der Waals surface area contributed by atoms with Gasteiger partial charge in [0.15, 0.2) is 18.0 Å². The van der Waals surface area contributed by atoms with Crippen molar-refractivity contribution in [3.63, 3.8) is 0 Å². The van der Waals surface area contributed by atoms with Crippen LogP contribution < -0.4 is 9.64 Å². The second kappa shape index (κ2) is 6.43. The van der Waals surface area contributed by atoms with E-state index in [9.17, 15) is 5.11 Å². The van der Waals surface area contributed by atoms with Crippen molar-refractivity contribution in [2.45, 2.75) is 19.1 Å². The molecular formula is C18H21N2O2S2+. The number of rotatable bonds is 4. The van der Waals surface area contributed by atoms with Crippen molar-refractivity contribution in [3.8, 4) is 5.75 Å². The molecule has 0 spiro atoms. The van der Waals surface area contributed by atoms with Crippen molar-refractivity contribution in [1.82, 2.24) is 0 Å². The second-order valence-electron chi connectivity index (χ2n) is 5.92. The number of thioether (sulfide) groups is 1. The van der Waals surface area contributed by atoms with Gasteiger partial charge < -0.3 is 9.84 Å². The highest BCUT2D eigenvalue weighted by Crippen LogP contribution is 2.41. The van der Waals surface area contributed by atoms with E-state index < -0.39 is 5.72 Å². The van der Waals surface area contributed by atoms with Crippen LogP contribution in [0.2, 0.25) is 0 Å². The van der Waals surface area contributed by atoms with Crippen LogP contribution in [-0.2, 0) is 5.72 Å². The van der Waals surface area contributed by atoms with Gasteiger partial charge in [-0.1, -0.05) is 18.2 Å². The van der Waals surface area contributed by atoms with E-state index in [2.05, 4.69) is 15.5 Å². The minimum absolute atomic E-state index is 0.528. The van der Waals surface area contributed by atoms with Crippen LogP contribution in [0.25, 0.3) is 0 Å². The molecule has 24 heavy (non-hydrogen) atoms. The van der Waals surface area contributed by atoms with Crippen LogP contribution in [0.4, 0.5) is 5.69 Å². The molecule has 2 aliphatic rings. The van der Waals surface area contributed by atoms with Gasteiger partial charge in [-0.3, -0.25) is 0 Å². The predicted molar refractivity (Wildman–Crippen MR) is 100 cm³/mol. The zero-order valence-corrected chi connectivity index (χ0v) is 15.3. The third-order valence-electron chi connectivity index (χ3n) is 4.42. The lowest BCUT2D eigenvalue weighted by Gasteiger charge is -2.22. The smallest absolute Gasteiger partial charge is 0.316 e. The van der Waals surface area contributed by atoms with Crippen molar-refractivity contribution in [1.29, 1.82) is 0 Å². The maximum Gasteiger partial charge on any atom is 0.316 e. The Balaban J connectivity index is 1.80. The zero-order chi connectivity index (χ0) is 16.6. The van der Waals surface area contributed by atoms with E-state index in [4.69, 9.17) is 4.74 Å². The third kappa shape index (κ3) is 2.53. The number of para-hydroxylation sites is 2. The summed E-state index contributed by atoms with van der Waals surface area (Å²) in [6.07, 6.45) is 1.09. The standard InChI is InChI=1S/C18H21N2O2S2/c1-2-22-15-8-4-3-7-14(15)19-13-18(21,16-9-5-11-23-16)20-10-6-12-24-17(19)20/h3-5,7-9,11,21H,2,6,10,12-13H2,1H3/q+1/t18-/m1/s1. The first-order valence-electron chi connectivity index (χ1n) is 8.27. The first-order valence-corrected chi connectivity index (χ1v) is 10.1. The molecule has 0 amide bonds. The van der Waals surface area contributed by atoms with Crippen LogP contribution in [0.1, 0.15) is 18.2 Å². The Morgan fingerprint density at radius 3 is 2.96 bits per heavy atom. The fourth-order valence-electron chi connectivity index (χ4n) is 3.36. The number of nitrogens with zero attached hydrogens (tertiary/aromatic N) is 2. The predicted octanol–water partition coefficient (Wildman–Crippen LogP) is 3.32. The van der Waals surface area contributed by atoms with E-state index in [1.807, 2.05) is 54.4 Å². The van der Waals surface area contributed by atoms with Gasteiger partial charge in [0.05, 0.1) is 18.0 Å². The van der Waals surface area contributed by atoms with Gasteiger partial charge in [-0.25, -0.2) is 9.48 Å². The third-order valence-corrected chi connectivity index (χ3v) is 6.62. The Hall–Kier alpha value is -1.50. The molecule has 2 aliphatic heterocycles. The quantitative estimate of drug-likeness (QED) is 0.848. The number of thiophene rings is 1. The fraction of sp³-hybridized carbons (Fsp3) is 0.389. The molecule has 4 rings (SSSR count). The maximum atomic E-state index is 11.5. The van der Waals surface area contributed by atoms with Crippen LogP contribution in [0.5, 0.6) is 5.75 Å². The Labute approximate surface area is 150 Å². The van der Waals surface area contributed by atoms with E-state index in [1.54, 1.807) is 11.3 Å². The largest absolute Gasteiger partial charge is 0.489 e. The maximum absolute atomic E-state index is 11.5. The van der Waals surface area contributed by atoms with Crippen LogP contribution in [0, 0.1) is 0 Å². The molecule has 126 valence electrons. The summed E-state index contributed by atoms with van der Waals surface area (Å²) in [5.41, 5.74) is 0.0669. The highest BCUT2D eigenvalue weighted by Gasteiger charge is 2.54. The topological polar surface area (TPSA) is 35.7 Å². The van der Waals surface area contributed by atoms with E-state index in [0.29, 0.717) is 13.2 Å². The van der Waals surface area contributed by atoms with Crippen LogP contribution in [0.3, 0.4) is 0 Å². The minimum Gasteiger partial charge on any atom is -0.489 e.